The number of benzene rings is 2. The van der Waals surface area contributed by atoms with Gasteiger partial charge < -0.3 is 10.6 Å². The van der Waals surface area contributed by atoms with Crippen LogP contribution in [0, 0.1) is 24.1 Å². The fourth-order valence-electron chi connectivity index (χ4n) is 4.44. The van der Waals surface area contributed by atoms with Crippen molar-refractivity contribution in [2.24, 2.45) is 0 Å². The summed E-state index contributed by atoms with van der Waals surface area (Å²) in [6.45, 7) is 2.81. The normalized spacial score (nSPS) is 17.5. The van der Waals surface area contributed by atoms with Gasteiger partial charge in [0.1, 0.15) is 17.5 Å². The van der Waals surface area contributed by atoms with Crippen LogP contribution in [0.15, 0.2) is 54.7 Å². The Morgan fingerprint density at radius 1 is 1.13 bits per heavy atom. The number of sulfonamides is 1. The number of piperidine rings is 1. The lowest BCUT2D eigenvalue weighted by atomic mass is 10.1. The fourth-order valence-corrected chi connectivity index (χ4v) is 5.64. The molecule has 0 saturated carbocycles. The highest BCUT2D eigenvalue weighted by atomic mass is 32.2. The van der Waals surface area contributed by atoms with Gasteiger partial charge in [-0.15, -0.1) is 0 Å². The molecular weight excluding hydrogens is 524 g/mol. The lowest BCUT2D eigenvalue weighted by Gasteiger charge is -2.26. The molecule has 1 aliphatic rings. The second-order valence-electron chi connectivity index (χ2n) is 9.45. The Hall–Kier alpha value is -4.21. The summed E-state index contributed by atoms with van der Waals surface area (Å²) in [6, 6.07) is 13.9. The van der Waals surface area contributed by atoms with Gasteiger partial charge in [-0.1, -0.05) is 18.2 Å². The second kappa shape index (κ2) is 10.9. The van der Waals surface area contributed by atoms with Crippen LogP contribution in [-0.4, -0.2) is 48.7 Å². The molecule has 0 aliphatic carbocycles. The van der Waals surface area contributed by atoms with Crippen molar-refractivity contribution in [3.63, 3.8) is 0 Å². The summed E-state index contributed by atoms with van der Waals surface area (Å²) in [4.78, 5) is 13.4. The molecule has 1 aliphatic heterocycles. The third-order valence-electron chi connectivity index (χ3n) is 6.34. The van der Waals surface area contributed by atoms with E-state index in [0.717, 1.165) is 5.56 Å². The predicted molar refractivity (Wildman–Crippen MR) is 145 cm³/mol. The lowest BCUT2D eigenvalue weighted by molar-refractivity contribution is 0.254. The maximum atomic E-state index is 15.0. The molecule has 2 aromatic heterocycles. The number of fused-ring (bicyclic) bond motifs is 1. The van der Waals surface area contributed by atoms with Gasteiger partial charge in [-0.05, 0) is 48.4 Å². The summed E-state index contributed by atoms with van der Waals surface area (Å²) >= 11 is 0. The summed E-state index contributed by atoms with van der Waals surface area (Å²) in [6.07, 6.45) is 1.01. The summed E-state index contributed by atoms with van der Waals surface area (Å²) in [5, 5.41) is 15.1. The number of halogens is 2. The molecule has 3 N–H and O–H groups in total. The minimum Gasteiger partial charge on any atom is -0.350 e. The Morgan fingerprint density at radius 3 is 2.64 bits per heavy atom. The molecule has 200 valence electrons. The van der Waals surface area contributed by atoms with Crippen LogP contribution in [0.25, 0.3) is 22.3 Å². The van der Waals surface area contributed by atoms with E-state index in [0.29, 0.717) is 58.9 Å². The lowest BCUT2D eigenvalue weighted by Crippen LogP contribution is -2.44. The van der Waals surface area contributed by atoms with Crippen LogP contribution in [0.5, 0.6) is 0 Å². The zero-order valence-corrected chi connectivity index (χ0v) is 21.8. The Kier molecular flexibility index (Phi) is 7.36. The highest BCUT2D eigenvalue weighted by Crippen LogP contribution is 2.27. The zero-order chi connectivity index (χ0) is 27.6. The quantitative estimate of drug-likeness (QED) is 0.314. The molecule has 5 rings (SSSR count). The second-order valence-corrected chi connectivity index (χ2v) is 11.2. The van der Waals surface area contributed by atoms with Crippen LogP contribution in [0.4, 0.5) is 20.4 Å². The van der Waals surface area contributed by atoms with E-state index >= 15 is 0 Å². The van der Waals surface area contributed by atoms with Crippen LogP contribution in [0.2, 0.25) is 0 Å². The molecule has 2 atom stereocenters. The van der Waals surface area contributed by atoms with E-state index in [1.807, 2.05) is 13.0 Å². The third-order valence-corrected chi connectivity index (χ3v) is 7.58. The number of nitrogens with zero attached hydrogens (tertiary/aromatic N) is 4. The van der Waals surface area contributed by atoms with E-state index in [1.165, 1.54) is 24.3 Å². The average Bonchev–Trinajstić information content (AvgIpc) is 2.90. The van der Waals surface area contributed by atoms with Crippen molar-refractivity contribution in [2.75, 3.05) is 23.1 Å². The fraction of sp³-hybridized carbons (Fsp3) is 0.259. The van der Waals surface area contributed by atoms with Crippen molar-refractivity contribution in [2.45, 2.75) is 31.3 Å². The van der Waals surface area contributed by atoms with Crippen LogP contribution in [0.1, 0.15) is 23.1 Å². The minimum absolute atomic E-state index is 0.123. The molecule has 9 nitrogen and oxygen atoms in total. The van der Waals surface area contributed by atoms with Gasteiger partial charge in [0, 0.05) is 31.1 Å². The molecule has 12 heteroatoms. The molecule has 0 amide bonds. The first-order valence-corrected chi connectivity index (χ1v) is 13.9. The molecule has 3 heterocycles. The third kappa shape index (κ3) is 6.27. The van der Waals surface area contributed by atoms with Gasteiger partial charge in [-0.3, -0.25) is 4.72 Å². The molecule has 1 unspecified atom stereocenters. The van der Waals surface area contributed by atoms with Crippen LogP contribution in [0.3, 0.4) is 0 Å². The first-order valence-electron chi connectivity index (χ1n) is 12.2. The Balaban J connectivity index is 1.33. The van der Waals surface area contributed by atoms with Gasteiger partial charge in [0.05, 0.1) is 40.5 Å². The number of nitriles is 1. The molecule has 2 aromatic carbocycles. The molecule has 1 saturated heterocycles. The van der Waals surface area contributed by atoms with Crippen molar-refractivity contribution in [3.05, 3.63) is 77.2 Å². The van der Waals surface area contributed by atoms with Crippen LogP contribution < -0.4 is 15.4 Å². The minimum atomic E-state index is -3.90. The topological polar surface area (TPSA) is 133 Å². The Bertz CT molecular complexity index is 1670. The summed E-state index contributed by atoms with van der Waals surface area (Å²) in [5.74, 6) is -0.739. The average molecular weight is 550 g/mol. The first kappa shape index (κ1) is 26.4. The number of alkyl halides is 1. The summed E-state index contributed by atoms with van der Waals surface area (Å²) < 4.78 is 56.1. The van der Waals surface area contributed by atoms with E-state index in [4.69, 9.17) is 5.26 Å². The molecule has 0 radical (unpaired) electrons. The van der Waals surface area contributed by atoms with Crippen molar-refractivity contribution in [1.29, 1.82) is 5.26 Å². The van der Waals surface area contributed by atoms with Crippen molar-refractivity contribution in [1.82, 2.24) is 20.3 Å². The van der Waals surface area contributed by atoms with E-state index in [9.17, 15) is 17.2 Å². The van der Waals surface area contributed by atoms with Gasteiger partial charge >= 0.3 is 0 Å². The first-order chi connectivity index (χ1) is 18.7. The van der Waals surface area contributed by atoms with Crippen molar-refractivity contribution in [3.8, 4) is 17.3 Å². The number of rotatable bonds is 7. The predicted octanol–water partition coefficient (Wildman–Crippen LogP) is 4.06. The molecule has 0 spiro atoms. The zero-order valence-electron chi connectivity index (χ0n) is 20.9. The number of pyridine rings is 1. The monoisotopic (exact) mass is 549 g/mol. The Labute approximate surface area is 224 Å². The van der Waals surface area contributed by atoms with Crippen LogP contribution >= 0.6 is 0 Å². The molecule has 0 bridgehead atoms. The van der Waals surface area contributed by atoms with Gasteiger partial charge in [-0.25, -0.2) is 32.2 Å². The smallest absolute Gasteiger partial charge is 0.237 e. The van der Waals surface area contributed by atoms with E-state index in [1.54, 1.807) is 30.5 Å². The van der Waals surface area contributed by atoms with Gasteiger partial charge in [-0.2, -0.15) is 5.26 Å². The number of anilines is 2. The summed E-state index contributed by atoms with van der Waals surface area (Å²) in [5.41, 5.74) is 3.55. The number of aromatic nitrogens is 3. The summed E-state index contributed by atoms with van der Waals surface area (Å²) in [7, 11) is -3.90. The van der Waals surface area contributed by atoms with E-state index in [-0.39, 0.29) is 17.5 Å². The van der Waals surface area contributed by atoms with Crippen LogP contribution in [-0.2, 0) is 15.8 Å². The molecule has 1 fully saturated rings. The highest BCUT2D eigenvalue weighted by molar-refractivity contribution is 7.91. The van der Waals surface area contributed by atoms with Gasteiger partial charge in [0.15, 0.2) is 0 Å². The Morgan fingerprint density at radius 2 is 1.92 bits per heavy atom. The van der Waals surface area contributed by atoms with Gasteiger partial charge in [0.2, 0.25) is 16.0 Å². The largest absolute Gasteiger partial charge is 0.350 e. The number of aryl methyl sites for hydroxylation is 1. The van der Waals surface area contributed by atoms with Crippen molar-refractivity contribution >= 4 is 32.7 Å². The van der Waals surface area contributed by atoms with Gasteiger partial charge in [0.25, 0.3) is 0 Å². The maximum absolute atomic E-state index is 15.0. The molecular formula is C27H25F2N7O2S. The number of nitrogens with one attached hydrogen (secondary N) is 3. The maximum Gasteiger partial charge on any atom is 0.237 e. The number of hydrogen-bond donors (Lipinski definition) is 3. The van der Waals surface area contributed by atoms with E-state index < -0.39 is 22.0 Å². The standard InChI is InChI=1S/C27H25F2N7O2S/c1-16-8-24(34-25-14-32-27(35-26(16)25)33-21-10-20(28)12-31-13-21)19-6-7-23(22(29)9-19)36-39(37,38)15-18-4-2-17(11-30)3-5-18/h2-9,14,20-21,31,36H,10,12-13,15H2,1H3,(H,32,33,35)/t20?,21-/m0/s1. The van der Waals surface area contributed by atoms with E-state index in [2.05, 4.69) is 30.3 Å². The SMILES string of the molecule is Cc1cc(-c2ccc(NS(=O)(=O)Cc3ccc(C#N)cc3)c(F)c2)nc2cnc(N[C@@H]3CNCC(F)C3)nc12. The number of hydrogen-bond acceptors (Lipinski definition) is 8. The van der Waals surface area contributed by atoms with Crippen molar-refractivity contribution < 1.29 is 17.2 Å². The highest BCUT2D eigenvalue weighted by Gasteiger charge is 2.22. The molecule has 39 heavy (non-hydrogen) atoms. The molecule has 4 aromatic rings.